The van der Waals surface area contributed by atoms with E-state index in [0.717, 1.165) is 0 Å². The minimum atomic E-state index is -1.07. The van der Waals surface area contributed by atoms with Crippen LogP contribution >= 0.6 is 0 Å². The Bertz CT molecular complexity index is 370. The summed E-state index contributed by atoms with van der Waals surface area (Å²) < 4.78 is 0. The predicted molar refractivity (Wildman–Crippen MR) is 52.9 cm³/mol. The van der Waals surface area contributed by atoms with Gasteiger partial charge >= 0.3 is 5.97 Å². The van der Waals surface area contributed by atoms with Gasteiger partial charge in [-0.15, -0.1) is 0 Å². The molecule has 0 saturated carbocycles. The Labute approximate surface area is 86.0 Å². The molecule has 80 valence electrons. The number of hydrogen-bond donors (Lipinski definition) is 3. The van der Waals surface area contributed by atoms with Gasteiger partial charge in [0.25, 0.3) is 0 Å². The van der Waals surface area contributed by atoms with E-state index in [1.807, 2.05) is 0 Å². The lowest BCUT2D eigenvalue weighted by atomic mass is 10.3. The number of imidazole rings is 1. The topological polar surface area (TPSA) is 95.1 Å². The van der Waals surface area contributed by atoms with Crippen molar-refractivity contribution in [3.05, 3.63) is 24.3 Å². The monoisotopic (exact) mass is 209 g/mol. The van der Waals surface area contributed by atoms with Crippen molar-refractivity contribution in [1.82, 2.24) is 15.3 Å². The first-order valence-corrected chi connectivity index (χ1v) is 4.29. The van der Waals surface area contributed by atoms with Gasteiger partial charge in [0.1, 0.15) is 6.04 Å². The van der Waals surface area contributed by atoms with Crippen molar-refractivity contribution in [3.63, 3.8) is 0 Å². The molecule has 0 saturated heterocycles. The van der Waals surface area contributed by atoms with Gasteiger partial charge in [-0.25, -0.2) is 4.98 Å². The zero-order valence-corrected chi connectivity index (χ0v) is 8.10. The largest absolute Gasteiger partial charge is 0.480 e. The zero-order valence-electron chi connectivity index (χ0n) is 8.10. The second kappa shape index (κ2) is 4.94. The van der Waals surface area contributed by atoms with Crippen molar-refractivity contribution >= 4 is 18.0 Å². The summed E-state index contributed by atoms with van der Waals surface area (Å²) in [6.07, 6.45) is 5.78. The minimum absolute atomic E-state index is 0.459. The number of hydrogen-bond acceptors (Lipinski definition) is 3. The fraction of sp³-hybridized carbons (Fsp3) is 0.222. The third kappa shape index (κ3) is 3.63. The van der Waals surface area contributed by atoms with E-state index in [0.29, 0.717) is 5.69 Å². The van der Waals surface area contributed by atoms with Crippen LogP contribution in [0.2, 0.25) is 0 Å². The molecule has 1 aromatic rings. The Morgan fingerprint density at radius 3 is 2.93 bits per heavy atom. The molecule has 1 aromatic heterocycles. The molecule has 0 aliphatic rings. The van der Waals surface area contributed by atoms with Crippen LogP contribution in [0, 0.1) is 0 Å². The molecule has 0 aliphatic heterocycles. The number of nitrogens with zero attached hydrogens (tertiary/aromatic N) is 1. The van der Waals surface area contributed by atoms with Gasteiger partial charge in [-0.05, 0) is 13.0 Å². The first-order chi connectivity index (χ1) is 7.09. The number of carbonyl (C=O) groups is 2. The van der Waals surface area contributed by atoms with Gasteiger partial charge < -0.3 is 15.4 Å². The van der Waals surface area contributed by atoms with Crippen molar-refractivity contribution in [3.8, 4) is 0 Å². The van der Waals surface area contributed by atoms with Crippen LogP contribution in [0.25, 0.3) is 6.08 Å². The third-order valence-electron chi connectivity index (χ3n) is 1.66. The molecule has 1 rings (SSSR count). The summed E-state index contributed by atoms with van der Waals surface area (Å²) in [6.45, 7) is 1.39. The molecule has 0 aliphatic carbocycles. The van der Waals surface area contributed by atoms with Gasteiger partial charge in [-0.3, -0.25) is 9.59 Å². The van der Waals surface area contributed by atoms with E-state index in [2.05, 4.69) is 15.3 Å². The molecule has 0 bridgehead atoms. The van der Waals surface area contributed by atoms with Gasteiger partial charge in [0, 0.05) is 6.08 Å². The quantitative estimate of drug-likeness (QED) is 0.609. The number of amides is 1. The molecular formula is C9H11N3O3. The molecule has 15 heavy (non-hydrogen) atoms. The number of nitrogens with one attached hydrogen (secondary N) is 2. The van der Waals surface area contributed by atoms with E-state index in [9.17, 15) is 9.59 Å². The number of aromatic nitrogens is 2. The van der Waals surface area contributed by atoms with E-state index >= 15 is 0 Å². The normalized spacial score (nSPS) is 12.6. The number of carbonyl (C=O) groups excluding carboxylic acids is 1. The summed E-state index contributed by atoms with van der Waals surface area (Å²) in [5.41, 5.74) is 0.674. The van der Waals surface area contributed by atoms with Crippen LogP contribution in [0.15, 0.2) is 18.6 Å². The average Bonchev–Trinajstić information content (AvgIpc) is 2.66. The van der Waals surface area contributed by atoms with E-state index in [-0.39, 0.29) is 0 Å². The van der Waals surface area contributed by atoms with Crippen LogP contribution in [-0.4, -0.2) is 33.0 Å². The summed E-state index contributed by atoms with van der Waals surface area (Å²) in [7, 11) is 0. The molecule has 0 radical (unpaired) electrons. The molecule has 0 spiro atoms. The minimum Gasteiger partial charge on any atom is -0.480 e. The highest BCUT2D eigenvalue weighted by Gasteiger charge is 2.11. The van der Waals surface area contributed by atoms with Gasteiger partial charge in [-0.2, -0.15) is 0 Å². The highest BCUT2D eigenvalue weighted by atomic mass is 16.4. The molecule has 1 atom stereocenters. The molecule has 6 nitrogen and oxygen atoms in total. The van der Waals surface area contributed by atoms with Crippen molar-refractivity contribution in [1.29, 1.82) is 0 Å². The van der Waals surface area contributed by atoms with E-state index in [1.54, 1.807) is 6.20 Å². The van der Waals surface area contributed by atoms with E-state index in [4.69, 9.17) is 5.11 Å². The summed E-state index contributed by atoms with van der Waals surface area (Å²) in [5, 5.41) is 10.8. The number of rotatable bonds is 4. The maximum Gasteiger partial charge on any atom is 0.325 e. The lowest BCUT2D eigenvalue weighted by Crippen LogP contribution is -2.37. The first-order valence-electron chi connectivity index (χ1n) is 4.29. The Morgan fingerprint density at radius 1 is 1.67 bits per heavy atom. The molecular weight excluding hydrogens is 198 g/mol. The van der Waals surface area contributed by atoms with Crippen LogP contribution in [0.5, 0.6) is 0 Å². The van der Waals surface area contributed by atoms with Gasteiger partial charge in [-0.1, -0.05) is 0 Å². The Hall–Kier alpha value is -2.11. The molecule has 1 unspecified atom stereocenters. The zero-order chi connectivity index (χ0) is 11.3. The number of aromatic amines is 1. The van der Waals surface area contributed by atoms with Crippen LogP contribution in [0.4, 0.5) is 0 Å². The van der Waals surface area contributed by atoms with E-state index < -0.39 is 17.9 Å². The summed E-state index contributed by atoms with van der Waals surface area (Å²) >= 11 is 0. The lowest BCUT2D eigenvalue weighted by molar-refractivity contribution is -0.140. The fourth-order valence-electron chi connectivity index (χ4n) is 0.846. The van der Waals surface area contributed by atoms with Crippen LogP contribution in [0.3, 0.4) is 0 Å². The third-order valence-corrected chi connectivity index (χ3v) is 1.66. The van der Waals surface area contributed by atoms with Crippen molar-refractivity contribution in [2.75, 3.05) is 0 Å². The Kier molecular flexibility index (Phi) is 3.61. The van der Waals surface area contributed by atoms with Crippen molar-refractivity contribution < 1.29 is 14.7 Å². The maximum atomic E-state index is 11.2. The molecule has 1 amide bonds. The highest BCUT2D eigenvalue weighted by molar-refractivity contribution is 5.93. The smallest absolute Gasteiger partial charge is 0.325 e. The SMILES string of the molecule is CC(NC(=O)C=Cc1cnc[nH]1)C(=O)O. The van der Waals surface area contributed by atoms with Gasteiger partial charge in [0.05, 0.1) is 18.2 Å². The Morgan fingerprint density at radius 2 is 2.40 bits per heavy atom. The fourth-order valence-corrected chi connectivity index (χ4v) is 0.846. The van der Waals surface area contributed by atoms with Crippen molar-refractivity contribution in [2.24, 2.45) is 0 Å². The van der Waals surface area contributed by atoms with Gasteiger partial charge in [0.2, 0.25) is 5.91 Å². The van der Waals surface area contributed by atoms with Crippen LogP contribution in [0.1, 0.15) is 12.6 Å². The molecule has 0 fully saturated rings. The van der Waals surface area contributed by atoms with Crippen LogP contribution < -0.4 is 5.32 Å². The molecule has 3 N–H and O–H groups in total. The number of H-pyrrole nitrogens is 1. The van der Waals surface area contributed by atoms with E-state index in [1.165, 1.54) is 25.4 Å². The second-order valence-electron chi connectivity index (χ2n) is 2.91. The number of carboxylic acids is 1. The predicted octanol–water partition coefficient (Wildman–Crippen LogP) is 0.0122. The summed E-state index contributed by atoms with van der Waals surface area (Å²) in [6, 6.07) is -0.899. The number of carboxylic acid groups (broad SMARTS) is 1. The lowest BCUT2D eigenvalue weighted by Gasteiger charge is -2.05. The first kappa shape index (κ1) is 11.0. The van der Waals surface area contributed by atoms with Crippen molar-refractivity contribution in [2.45, 2.75) is 13.0 Å². The van der Waals surface area contributed by atoms with Gasteiger partial charge in [0.15, 0.2) is 0 Å². The number of aliphatic carboxylic acids is 1. The van der Waals surface area contributed by atoms with Crippen LogP contribution in [-0.2, 0) is 9.59 Å². The highest BCUT2D eigenvalue weighted by Crippen LogP contribution is 1.94. The summed E-state index contributed by atoms with van der Waals surface area (Å²) in [5.74, 6) is -1.53. The molecule has 1 heterocycles. The summed E-state index contributed by atoms with van der Waals surface area (Å²) in [4.78, 5) is 28.1. The second-order valence-corrected chi connectivity index (χ2v) is 2.91. The Balaban J connectivity index is 2.46. The molecule has 6 heteroatoms. The molecule has 0 aromatic carbocycles. The maximum absolute atomic E-state index is 11.2. The average molecular weight is 209 g/mol. The standard InChI is InChI=1S/C9H11N3O3/c1-6(9(14)15)12-8(13)3-2-7-4-10-5-11-7/h2-6H,1H3,(H,10,11)(H,12,13)(H,14,15).